The predicted molar refractivity (Wildman–Crippen MR) is 98.4 cm³/mol. The standard InChI is InChI=1S/C20H28FNO5/c1-3-26-20-16(5-4-11-23)17(14-6-8-15(21)9-7-14)13-18(27-20)19(24)22-10-12-25-2/h6-9,13,16-17,20,23H,3-5,10-12H2,1-2H3,(H,22,24)/t16-,17+,20+/m1/s1. The molecule has 1 amide bonds. The number of carbonyl (C=O) groups excluding carboxylic acids is 1. The second-order valence-electron chi connectivity index (χ2n) is 6.33. The predicted octanol–water partition coefficient (Wildman–Crippen LogP) is 2.34. The Morgan fingerprint density at radius 3 is 2.70 bits per heavy atom. The molecule has 3 atom stereocenters. The normalized spacial score (nSPS) is 22.1. The van der Waals surface area contributed by atoms with Crippen LogP contribution in [0, 0.1) is 11.7 Å². The van der Waals surface area contributed by atoms with Crippen molar-refractivity contribution in [2.45, 2.75) is 32.0 Å². The lowest BCUT2D eigenvalue weighted by Crippen LogP contribution is -2.39. The van der Waals surface area contributed by atoms with Crippen molar-refractivity contribution in [3.63, 3.8) is 0 Å². The highest BCUT2D eigenvalue weighted by atomic mass is 19.1. The molecule has 0 saturated heterocycles. The molecular formula is C20H28FNO5. The molecule has 6 nitrogen and oxygen atoms in total. The van der Waals surface area contributed by atoms with E-state index < -0.39 is 6.29 Å². The molecule has 2 rings (SSSR count). The molecule has 0 spiro atoms. The molecule has 1 aliphatic rings. The third-order valence-corrected chi connectivity index (χ3v) is 4.48. The van der Waals surface area contributed by atoms with Crippen LogP contribution in [-0.4, -0.2) is 50.8 Å². The summed E-state index contributed by atoms with van der Waals surface area (Å²) in [4.78, 5) is 12.5. The number of hydrogen-bond donors (Lipinski definition) is 2. The maximum atomic E-state index is 13.4. The van der Waals surface area contributed by atoms with Gasteiger partial charge in [0.2, 0.25) is 6.29 Å². The zero-order chi connectivity index (χ0) is 19.6. The second-order valence-corrected chi connectivity index (χ2v) is 6.33. The van der Waals surface area contributed by atoms with Crippen LogP contribution in [0.4, 0.5) is 4.39 Å². The van der Waals surface area contributed by atoms with E-state index in [4.69, 9.17) is 14.2 Å². The van der Waals surface area contributed by atoms with Crippen LogP contribution in [0.1, 0.15) is 31.2 Å². The maximum Gasteiger partial charge on any atom is 0.286 e. The van der Waals surface area contributed by atoms with Crippen molar-refractivity contribution in [2.24, 2.45) is 5.92 Å². The Balaban J connectivity index is 2.31. The summed E-state index contributed by atoms with van der Waals surface area (Å²) in [5.74, 6) is -0.770. The summed E-state index contributed by atoms with van der Waals surface area (Å²) in [6.45, 7) is 3.10. The van der Waals surface area contributed by atoms with Gasteiger partial charge in [-0.2, -0.15) is 0 Å². The van der Waals surface area contributed by atoms with Gasteiger partial charge >= 0.3 is 0 Å². The van der Waals surface area contributed by atoms with E-state index in [0.29, 0.717) is 32.6 Å². The number of allylic oxidation sites excluding steroid dienone is 1. The summed E-state index contributed by atoms with van der Waals surface area (Å²) < 4.78 is 29.9. The molecule has 1 aromatic rings. The molecular weight excluding hydrogens is 353 g/mol. The Morgan fingerprint density at radius 1 is 1.33 bits per heavy atom. The van der Waals surface area contributed by atoms with Crippen LogP contribution in [0.5, 0.6) is 0 Å². The Kier molecular flexibility index (Phi) is 8.71. The molecule has 0 saturated carbocycles. The van der Waals surface area contributed by atoms with Gasteiger partial charge in [-0.05, 0) is 43.5 Å². The second kappa shape index (κ2) is 11.0. The van der Waals surface area contributed by atoms with E-state index in [1.54, 1.807) is 25.3 Å². The number of carbonyl (C=O) groups is 1. The zero-order valence-electron chi connectivity index (χ0n) is 15.8. The first kappa shape index (κ1) is 21.3. The Bertz CT molecular complexity index is 619. The number of aliphatic hydroxyl groups excluding tert-OH is 1. The van der Waals surface area contributed by atoms with Crippen molar-refractivity contribution in [1.29, 1.82) is 0 Å². The molecule has 1 aromatic carbocycles. The molecule has 0 fully saturated rings. The van der Waals surface area contributed by atoms with Gasteiger partial charge in [0.05, 0.1) is 6.61 Å². The molecule has 27 heavy (non-hydrogen) atoms. The van der Waals surface area contributed by atoms with Crippen LogP contribution in [0.2, 0.25) is 0 Å². The molecule has 0 aliphatic carbocycles. The molecule has 0 bridgehead atoms. The Morgan fingerprint density at radius 2 is 2.07 bits per heavy atom. The molecule has 0 radical (unpaired) electrons. The van der Waals surface area contributed by atoms with Crippen LogP contribution in [0.15, 0.2) is 36.1 Å². The number of rotatable bonds is 10. The summed E-state index contributed by atoms with van der Waals surface area (Å²) in [5.41, 5.74) is 0.870. The number of halogens is 1. The Labute approximate surface area is 159 Å². The summed E-state index contributed by atoms with van der Waals surface area (Å²) in [7, 11) is 1.56. The van der Waals surface area contributed by atoms with E-state index in [9.17, 15) is 14.3 Å². The molecule has 1 heterocycles. The highest BCUT2D eigenvalue weighted by Crippen LogP contribution is 2.39. The van der Waals surface area contributed by atoms with E-state index in [2.05, 4.69) is 5.32 Å². The summed E-state index contributed by atoms with van der Waals surface area (Å²) >= 11 is 0. The van der Waals surface area contributed by atoms with Crippen molar-refractivity contribution in [3.05, 3.63) is 47.5 Å². The number of methoxy groups -OCH3 is 1. The van der Waals surface area contributed by atoms with Gasteiger partial charge in [-0.25, -0.2) is 4.39 Å². The van der Waals surface area contributed by atoms with Gasteiger partial charge in [0, 0.05) is 38.7 Å². The molecule has 0 unspecified atom stereocenters. The van der Waals surface area contributed by atoms with Crippen LogP contribution < -0.4 is 5.32 Å². The van der Waals surface area contributed by atoms with Crippen molar-refractivity contribution < 1.29 is 28.5 Å². The van der Waals surface area contributed by atoms with Crippen LogP contribution in [0.3, 0.4) is 0 Å². The van der Waals surface area contributed by atoms with E-state index in [1.807, 2.05) is 6.92 Å². The lowest BCUT2D eigenvalue weighted by molar-refractivity contribution is -0.166. The van der Waals surface area contributed by atoms with Crippen LogP contribution in [0.25, 0.3) is 0 Å². The lowest BCUT2D eigenvalue weighted by Gasteiger charge is -2.37. The van der Waals surface area contributed by atoms with Gasteiger partial charge in [-0.15, -0.1) is 0 Å². The third-order valence-electron chi connectivity index (χ3n) is 4.48. The largest absolute Gasteiger partial charge is 0.459 e. The number of amides is 1. The average molecular weight is 381 g/mol. The molecule has 150 valence electrons. The van der Waals surface area contributed by atoms with Gasteiger partial charge < -0.3 is 24.6 Å². The first-order valence-electron chi connectivity index (χ1n) is 9.24. The van der Waals surface area contributed by atoms with Gasteiger partial charge in [-0.1, -0.05) is 12.1 Å². The topological polar surface area (TPSA) is 77.0 Å². The van der Waals surface area contributed by atoms with Crippen LogP contribution in [-0.2, 0) is 19.0 Å². The first-order valence-corrected chi connectivity index (χ1v) is 9.24. The smallest absolute Gasteiger partial charge is 0.286 e. The van der Waals surface area contributed by atoms with E-state index >= 15 is 0 Å². The zero-order valence-corrected chi connectivity index (χ0v) is 15.8. The van der Waals surface area contributed by atoms with E-state index in [-0.39, 0.29) is 35.9 Å². The summed E-state index contributed by atoms with van der Waals surface area (Å²) in [5, 5.41) is 12.0. The fourth-order valence-electron chi connectivity index (χ4n) is 3.18. The van der Waals surface area contributed by atoms with Crippen molar-refractivity contribution in [3.8, 4) is 0 Å². The minimum absolute atomic E-state index is 0.0551. The number of ether oxygens (including phenoxy) is 3. The van der Waals surface area contributed by atoms with Gasteiger partial charge in [0.1, 0.15) is 5.82 Å². The van der Waals surface area contributed by atoms with Crippen molar-refractivity contribution in [1.82, 2.24) is 5.32 Å². The van der Waals surface area contributed by atoms with Gasteiger partial charge in [0.15, 0.2) is 5.76 Å². The Hall–Kier alpha value is -1.96. The van der Waals surface area contributed by atoms with Gasteiger partial charge in [0.25, 0.3) is 5.91 Å². The number of hydrogen-bond acceptors (Lipinski definition) is 5. The quantitative estimate of drug-likeness (QED) is 0.609. The third kappa shape index (κ3) is 6.02. The highest BCUT2D eigenvalue weighted by molar-refractivity contribution is 5.91. The fraction of sp³-hybridized carbons (Fsp3) is 0.550. The summed E-state index contributed by atoms with van der Waals surface area (Å²) in [6, 6.07) is 6.21. The van der Waals surface area contributed by atoms with E-state index in [1.165, 1.54) is 12.1 Å². The molecule has 0 aromatic heterocycles. The molecule has 7 heteroatoms. The average Bonchev–Trinajstić information content (AvgIpc) is 2.67. The minimum Gasteiger partial charge on any atom is -0.459 e. The monoisotopic (exact) mass is 381 g/mol. The fourth-order valence-corrected chi connectivity index (χ4v) is 3.18. The van der Waals surface area contributed by atoms with Gasteiger partial charge in [-0.3, -0.25) is 4.79 Å². The van der Waals surface area contributed by atoms with Crippen LogP contribution >= 0.6 is 0 Å². The van der Waals surface area contributed by atoms with Crippen molar-refractivity contribution >= 4 is 5.91 Å². The number of aliphatic hydroxyl groups is 1. The maximum absolute atomic E-state index is 13.4. The lowest BCUT2D eigenvalue weighted by atomic mass is 9.80. The number of nitrogens with one attached hydrogen (secondary N) is 1. The SMILES string of the molecule is CCO[C@H]1OC(C(=O)NCCOC)=C[C@@H](c2ccc(F)cc2)[C@H]1CCCO. The highest BCUT2D eigenvalue weighted by Gasteiger charge is 2.37. The first-order chi connectivity index (χ1) is 13.1. The molecule has 2 N–H and O–H groups in total. The van der Waals surface area contributed by atoms with E-state index in [0.717, 1.165) is 5.56 Å². The van der Waals surface area contributed by atoms with Crippen molar-refractivity contribution in [2.75, 3.05) is 33.5 Å². The molecule has 1 aliphatic heterocycles. The number of benzene rings is 1. The minimum atomic E-state index is -0.621. The summed E-state index contributed by atoms with van der Waals surface area (Å²) in [6.07, 6.45) is 2.37.